The van der Waals surface area contributed by atoms with Crippen molar-refractivity contribution in [2.45, 2.75) is 6.92 Å². The first-order valence-corrected chi connectivity index (χ1v) is 8.20. The number of ether oxygens (including phenoxy) is 3. The Morgan fingerprint density at radius 3 is 2.46 bits per heavy atom. The average Bonchev–Trinajstić information content (AvgIpc) is 2.68. The summed E-state index contributed by atoms with van der Waals surface area (Å²) >= 11 is 0. The fraction of sp³-hybridized carbons (Fsp3) is 0.200. The fourth-order valence-corrected chi connectivity index (χ4v) is 2.34. The molecule has 0 aliphatic heterocycles. The van der Waals surface area contributed by atoms with E-state index in [-0.39, 0.29) is 5.69 Å². The predicted octanol–water partition coefficient (Wildman–Crippen LogP) is 3.81. The highest BCUT2D eigenvalue weighted by molar-refractivity contribution is 5.95. The molecule has 2 aromatic rings. The number of hydrogen-bond acceptors (Lipinski definition) is 5. The molecule has 0 aliphatic rings. The number of rotatable bonds is 7. The number of amides is 1. The summed E-state index contributed by atoms with van der Waals surface area (Å²) in [6, 6.07) is 6.50. The van der Waals surface area contributed by atoms with Gasteiger partial charge in [-0.3, -0.25) is 4.79 Å². The van der Waals surface area contributed by atoms with Crippen LogP contribution in [0.25, 0.3) is 6.08 Å². The van der Waals surface area contributed by atoms with Gasteiger partial charge >= 0.3 is 5.97 Å². The molecule has 0 saturated heterocycles. The van der Waals surface area contributed by atoms with Crippen LogP contribution in [0.1, 0.15) is 22.8 Å². The Morgan fingerprint density at radius 1 is 1.07 bits per heavy atom. The maximum Gasteiger partial charge on any atom is 0.340 e. The van der Waals surface area contributed by atoms with Crippen molar-refractivity contribution in [2.75, 3.05) is 26.1 Å². The molecule has 28 heavy (non-hydrogen) atoms. The first kappa shape index (κ1) is 20.9. The molecule has 0 aliphatic carbocycles. The topological polar surface area (TPSA) is 73.9 Å². The highest BCUT2D eigenvalue weighted by atomic mass is 19.1. The van der Waals surface area contributed by atoms with Gasteiger partial charge in [0.1, 0.15) is 11.6 Å². The van der Waals surface area contributed by atoms with Crippen molar-refractivity contribution in [3.63, 3.8) is 0 Å². The van der Waals surface area contributed by atoms with Crippen LogP contribution in [0, 0.1) is 11.6 Å². The summed E-state index contributed by atoms with van der Waals surface area (Å²) in [7, 11) is 2.52. The lowest BCUT2D eigenvalue weighted by Gasteiger charge is -2.12. The highest BCUT2D eigenvalue weighted by Crippen LogP contribution is 2.28. The Morgan fingerprint density at radius 2 is 1.82 bits per heavy atom. The third kappa shape index (κ3) is 5.06. The summed E-state index contributed by atoms with van der Waals surface area (Å²) in [5.41, 5.74) is 0.0204. The van der Waals surface area contributed by atoms with Gasteiger partial charge in [-0.15, -0.1) is 0 Å². The average molecular weight is 391 g/mol. The number of methoxy groups -OCH3 is 2. The molecule has 8 heteroatoms. The lowest BCUT2D eigenvalue weighted by atomic mass is 10.1. The zero-order valence-corrected chi connectivity index (χ0v) is 15.5. The molecule has 1 N–H and O–H groups in total. The van der Waals surface area contributed by atoms with Crippen molar-refractivity contribution in [1.82, 2.24) is 0 Å². The molecule has 0 heterocycles. The quantitative estimate of drug-likeness (QED) is 0.727. The van der Waals surface area contributed by atoms with E-state index in [1.165, 1.54) is 7.11 Å². The summed E-state index contributed by atoms with van der Waals surface area (Å²) < 4.78 is 42.6. The number of carbonyl (C=O) groups is 2. The fourth-order valence-electron chi connectivity index (χ4n) is 2.34. The van der Waals surface area contributed by atoms with Crippen LogP contribution >= 0.6 is 0 Å². The Labute approximate surface area is 160 Å². The van der Waals surface area contributed by atoms with Crippen molar-refractivity contribution in [3.05, 3.63) is 59.2 Å². The Kier molecular flexibility index (Phi) is 7.08. The standard InChI is InChI=1S/C20H19F2NO5/c1-4-5-12-6-7-17(18(8-12)26-2)28-11-19(24)23-16-9-13(20(25)27-3)14(21)10-15(16)22/h4-10H,11H2,1-3H3,(H,23,24). The van der Waals surface area contributed by atoms with Crippen LogP contribution in [0.3, 0.4) is 0 Å². The SMILES string of the molecule is CC=Cc1ccc(OCC(=O)Nc2cc(C(=O)OC)c(F)cc2F)c(OC)c1. The van der Waals surface area contributed by atoms with Gasteiger partial charge < -0.3 is 19.5 Å². The minimum atomic E-state index is -1.09. The molecular weight excluding hydrogens is 372 g/mol. The summed E-state index contributed by atoms with van der Waals surface area (Å²) in [6.07, 6.45) is 3.73. The van der Waals surface area contributed by atoms with E-state index in [1.807, 2.05) is 19.1 Å². The van der Waals surface area contributed by atoms with Crippen LogP contribution in [0.2, 0.25) is 0 Å². The highest BCUT2D eigenvalue weighted by Gasteiger charge is 2.18. The molecular formula is C20H19F2NO5. The molecule has 0 aromatic heterocycles. The van der Waals surface area contributed by atoms with E-state index in [0.717, 1.165) is 18.7 Å². The van der Waals surface area contributed by atoms with Crippen molar-refractivity contribution in [3.8, 4) is 11.5 Å². The van der Waals surface area contributed by atoms with Crippen LogP contribution in [-0.4, -0.2) is 32.7 Å². The normalized spacial score (nSPS) is 10.6. The van der Waals surface area contributed by atoms with Gasteiger partial charge in [0.25, 0.3) is 5.91 Å². The minimum Gasteiger partial charge on any atom is -0.493 e. The molecule has 2 rings (SSSR count). The zero-order valence-electron chi connectivity index (χ0n) is 15.5. The van der Waals surface area contributed by atoms with E-state index >= 15 is 0 Å². The van der Waals surface area contributed by atoms with Gasteiger partial charge in [-0.2, -0.15) is 0 Å². The monoisotopic (exact) mass is 391 g/mol. The van der Waals surface area contributed by atoms with Crippen LogP contribution in [0.4, 0.5) is 14.5 Å². The molecule has 0 radical (unpaired) electrons. The van der Waals surface area contributed by atoms with Crippen LogP contribution < -0.4 is 14.8 Å². The van der Waals surface area contributed by atoms with Gasteiger partial charge in [-0.1, -0.05) is 18.2 Å². The number of nitrogens with one attached hydrogen (secondary N) is 1. The van der Waals surface area contributed by atoms with Crippen LogP contribution in [0.5, 0.6) is 11.5 Å². The Balaban J connectivity index is 2.10. The predicted molar refractivity (Wildman–Crippen MR) is 99.5 cm³/mol. The second-order valence-electron chi connectivity index (χ2n) is 5.55. The number of benzene rings is 2. The number of allylic oxidation sites excluding steroid dienone is 1. The van der Waals surface area contributed by atoms with Crippen molar-refractivity contribution in [1.29, 1.82) is 0 Å². The first-order valence-electron chi connectivity index (χ1n) is 8.20. The number of anilines is 1. The third-order valence-corrected chi connectivity index (χ3v) is 3.64. The van der Waals surface area contributed by atoms with E-state index < -0.39 is 35.7 Å². The Hall–Kier alpha value is -3.42. The molecule has 0 fully saturated rings. The van der Waals surface area contributed by atoms with E-state index in [4.69, 9.17) is 9.47 Å². The molecule has 0 saturated carbocycles. The molecule has 0 bridgehead atoms. The summed E-state index contributed by atoms with van der Waals surface area (Å²) in [5, 5.41) is 2.23. The van der Waals surface area contributed by atoms with Gasteiger partial charge in [0, 0.05) is 6.07 Å². The number of hydrogen-bond donors (Lipinski definition) is 1. The maximum absolute atomic E-state index is 13.9. The second-order valence-corrected chi connectivity index (χ2v) is 5.55. The van der Waals surface area contributed by atoms with Crippen molar-refractivity contribution < 1.29 is 32.6 Å². The number of halogens is 2. The molecule has 2 aromatic carbocycles. The van der Waals surface area contributed by atoms with Gasteiger partial charge in [0.05, 0.1) is 25.5 Å². The minimum absolute atomic E-state index is 0.320. The largest absolute Gasteiger partial charge is 0.493 e. The maximum atomic E-state index is 13.9. The molecule has 148 valence electrons. The van der Waals surface area contributed by atoms with Gasteiger partial charge in [0.15, 0.2) is 18.1 Å². The molecule has 6 nitrogen and oxygen atoms in total. The summed E-state index contributed by atoms with van der Waals surface area (Å²) in [6.45, 7) is 1.42. The van der Waals surface area contributed by atoms with E-state index in [1.54, 1.807) is 18.2 Å². The van der Waals surface area contributed by atoms with E-state index in [0.29, 0.717) is 17.6 Å². The molecule has 0 unspecified atom stereocenters. The lowest BCUT2D eigenvalue weighted by molar-refractivity contribution is -0.118. The summed E-state index contributed by atoms with van der Waals surface area (Å²) in [5.74, 6) is -3.09. The third-order valence-electron chi connectivity index (χ3n) is 3.64. The zero-order chi connectivity index (χ0) is 20.7. The van der Waals surface area contributed by atoms with Gasteiger partial charge in [0.2, 0.25) is 0 Å². The van der Waals surface area contributed by atoms with Crippen LogP contribution in [0.15, 0.2) is 36.4 Å². The number of carbonyl (C=O) groups excluding carboxylic acids is 2. The van der Waals surface area contributed by atoms with Crippen LogP contribution in [-0.2, 0) is 9.53 Å². The van der Waals surface area contributed by atoms with Gasteiger partial charge in [-0.25, -0.2) is 13.6 Å². The van der Waals surface area contributed by atoms with Crippen molar-refractivity contribution >= 4 is 23.6 Å². The van der Waals surface area contributed by atoms with E-state index in [9.17, 15) is 18.4 Å². The molecule has 0 atom stereocenters. The second kappa shape index (κ2) is 9.50. The van der Waals surface area contributed by atoms with Crippen molar-refractivity contribution in [2.24, 2.45) is 0 Å². The number of esters is 1. The summed E-state index contributed by atoms with van der Waals surface area (Å²) in [4.78, 5) is 23.6. The van der Waals surface area contributed by atoms with E-state index in [2.05, 4.69) is 10.1 Å². The first-order chi connectivity index (χ1) is 13.4. The Bertz CT molecular complexity index is 912. The smallest absolute Gasteiger partial charge is 0.340 e. The van der Waals surface area contributed by atoms with Gasteiger partial charge in [-0.05, 0) is 30.7 Å². The molecule has 0 spiro atoms. The lowest BCUT2D eigenvalue weighted by Crippen LogP contribution is -2.21. The molecule has 1 amide bonds.